The normalized spacial score (nSPS) is 20.5. The molecule has 2 unspecified atom stereocenters. The first-order valence-electron chi connectivity index (χ1n) is 10.4. The Kier molecular flexibility index (Phi) is 6.08. The Balaban J connectivity index is 1.44. The molecule has 1 aliphatic rings. The molecule has 3 aromatic rings. The summed E-state index contributed by atoms with van der Waals surface area (Å²) < 4.78 is 11.1. The molecule has 0 radical (unpaired) electrons. The van der Waals surface area contributed by atoms with Crippen LogP contribution in [0.4, 0.5) is 5.69 Å². The third kappa shape index (κ3) is 4.71. The van der Waals surface area contributed by atoms with Gasteiger partial charge in [0.1, 0.15) is 5.75 Å². The fraction of sp³-hybridized carbons (Fsp3) is 0.348. The predicted octanol–water partition coefficient (Wildman–Crippen LogP) is 4.62. The molecule has 0 amide bonds. The van der Waals surface area contributed by atoms with Gasteiger partial charge in [-0.1, -0.05) is 16.8 Å². The zero-order valence-electron chi connectivity index (χ0n) is 17.7. The van der Waals surface area contributed by atoms with Gasteiger partial charge in [0.05, 0.1) is 11.1 Å². The number of carboxylic acids is 1. The lowest BCUT2D eigenvalue weighted by atomic mass is 10.0. The van der Waals surface area contributed by atoms with E-state index < -0.39 is 11.6 Å². The summed E-state index contributed by atoms with van der Waals surface area (Å²) in [6.45, 7) is 3.86. The van der Waals surface area contributed by atoms with Crippen LogP contribution >= 0.6 is 11.6 Å². The van der Waals surface area contributed by atoms with E-state index in [-0.39, 0.29) is 25.0 Å². The summed E-state index contributed by atoms with van der Waals surface area (Å²) in [5.41, 5.74) is 0.626. The maximum Gasteiger partial charge on any atom is 0.335 e. The van der Waals surface area contributed by atoms with Crippen LogP contribution in [0.2, 0.25) is 5.02 Å². The Hall–Kier alpha value is -3.10. The largest absolute Gasteiger partial charge is 0.489 e. The Bertz CT molecular complexity index is 1120. The van der Waals surface area contributed by atoms with Crippen molar-refractivity contribution in [2.24, 2.45) is 0 Å². The topological polar surface area (TPSA) is 118 Å². The number of hydrogen-bond donors (Lipinski definition) is 3. The van der Waals surface area contributed by atoms with E-state index in [4.69, 9.17) is 26.0 Å². The molecule has 1 fully saturated rings. The van der Waals surface area contributed by atoms with Gasteiger partial charge in [0.25, 0.3) is 5.89 Å². The lowest BCUT2D eigenvalue weighted by Crippen LogP contribution is -2.36. The molecule has 8 nitrogen and oxygen atoms in total. The molecule has 4 rings (SSSR count). The van der Waals surface area contributed by atoms with E-state index in [1.807, 2.05) is 44.2 Å². The van der Waals surface area contributed by atoms with Crippen LogP contribution in [0.1, 0.15) is 33.1 Å². The number of aliphatic carboxylic acids is 1. The van der Waals surface area contributed by atoms with Crippen molar-refractivity contribution >= 4 is 23.3 Å². The van der Waals surface area contributed by atoms with Crippen molar-refractivity contribution in [3.8, 4) is 28.6 Å². The fourth-order valence-electron chi connectivity index (χ4n) is 3.73. The van der Waals surface area contributed by atoms with Crippen LogP contribution in [0.5, 0.6) is 5.75 Å². The van der Waals surface area contributed by atoms with Gasteiger partial charge in [-0.15, -0.1) is 0 Å². The number of anilines is 1. The van der Waals surface area contributed by atoms with Crippen LogP contribution in [-0.2, 0) is 4.79 Å². The molecular weight excluding hydrogens is 434 g/mol. The smallest absolute Gasteiger partial charge is 0.335 e. The number of benzene rings is 2. The molecule has 0 aliphatic heterocycles. The predicted molar refractivity (Wildman–Crippen MR) is 120 cm³/mol. The second-order valence-electron chi connectivity index (χ2n) is 8.23. The zero-order valence-corrected chi connectivity index (χ0v) is 18.5. The molecular formula is C23H24ClN3O5. The lowest BCUT2D eigenvalue weighted by molar-refractivity contribution is -0.157. The molecule has 32 heavy (non-hydrogen) atoms. The molecule has 168 valence electrons. The summed E-state index contributed by atoms with van der Waals surface area (Å²) in [6, 6.07) is 12.6. The van der Waals surface area contributed by atoms with E-state index in [0.717, 1.165) is 11.3 Å². The van der Waals surface area contributed by atoms with Crippen molar-refractivity contribution in [1.29, 1.82) is 0 Å². The molecule has 2 atom stereocenters. The fourth-order valence-corrected chi connectivity index (χ4v) is 3.96. The molecule has 1 saturated carbocycles. The van der Waals surface area contributed by atoms with Crippen molar-refractivity contribution in [2.75, 3.05) is 5.32 Å². The highest BCUT2D eigenvalue weighted by Crippen LogP contribution is 2.33. The number of carboxylic acid groups (broad SMARTS) is 1. The molecule has 0 saturated heterocycles. The van der Waals surface area contributed by atoms with Gasteiger partial charge in [0.15, 0.2) is 5.60 Å². The van der Waals surface area contributed by atoms with Crippen molar-refractivity contribution in [3.05, 3.63) is 47.5 Å². The van der Waals surface area contributed by atoms with Crippen LogP contribution in [0.3, 0.4) is 0 Å². The molecule has 0 bridgehead atoms. The van der Waals surface area contributed by atoms with Crippen LogP contribution in [0.25, 0.3) is 22.8 Å². The van der Waals surface area contributed by atoms with Gasteiger partial charge >= 0.3 is 5.97 Å². The summed E-state index contributed by atoms with van der Waals surface area (Å²) in [5, 5.41) is 27.0. The first-order chi connectivity index (χ1) is 15.2. The summed E-state index contributed by atoms with van der Waals surface area (Å²) in [5.74, 6) is 0.208. The second kappa shape index (κ2) is 8.80. The third-order valence-electron chi connectivity index (χ3n) is 5.37. The molecule has 1 heterocycles. The highest BCUT2D eigenvalue weighted by molar-refractivity contribution is 6.32. The minimum Gasteiger partial charge on any atom is -0.489 e. The number of hydrogen-bond acceptors (Lipinski definition) is 7. The number of nitrogens with zero attached hydrogens (tertiary/aromatic N) is 2. The van der Waals surface area contributed by atoms with Crippen molar-refractivity contribution in [2.45, 2.75) is 50.9 Å². The number of rotatable bonds is 7. The third-order valence-corrected chi connectivity index (χ3v) is 5.67. The first-order valence-corrected chi connectivity index (χ1v) is 10.7. The van der Waals surface area contributed by atoms with E-state index in [1.54, 1.807) is 12.1 Å². The molecule has 2 aromatic carbocycles. The second-order valence-corrected chi connectivity index (χ2v) is 8.64. The number of aliphatic hydroxyl groups is 1. The van der Waals surface area contributed by atoms with Crippen LogP contribution < -0.4 is 10.1 Å². The van der Waals surface area contributed by atoms with Gasteiger partial charge in [0.2, 0.25) is 5.82 Å². The summed E-state index contributed by atoms with van der Waals surface area (Å²) in [7, 11) is 0. The van der Waals surface area contributed by atoms with Crippen molar-refractivity contribution in [1.82, 2.24) is 10.1 Å². The first kappa shape index (κ1) is 22.1. The van der Waals surface area contributed by atoms with Gasteiger partial charge < -0.3 is 24.8 Å². The Morgan fingerprint density at radius 1 is 1.25 bits per heavy atom. The Morgan fingerprint density at radius 2 is 1.97 bits per heavy atom. The zero-order chi connectivity index (χ0) is 22.9. The highest BCUT2D eigenvalue weighted by Gasteiger charge is 2.43. The average molecular weight is 458 g/mol. The number of nitrogens with one attached hydrogen (secondary N) is 1. The molecule has 1 aliphatic carbocycles. The lowest BCUT2D eigenvalue weighted by Gasteiger charge is -2.18. The molecule has 9 heteroatoms. The highest BCUT2D eigenvalue weighted by atomic mass is 35.5. The van der Waals surface area contributed by atoms with Gasteiger partial charge in [-0.25, -0.2) is 4.79 Å². The van der Waals surface area contributed by atoms with Gasteiger partial charge in [0, 0.05) is 29.3 Å². The van der Waals surface area contributed by atoms with E-state index in [1.165, 1.54) is 0 Å². The molecule has 3 N–H and O–H groups in total. The number of ether oxygens (including phenoxy) is 1. The van der Waals surface area contributed by atoms with Crippen LogP contribution in [0.15, 0.2) is 47.0 Å². The maximum absolute atomic E-state index is 11.2. The summed E-state index contributed by atoms with van der Waals surface area (Å²) >= 11 is 6.30. The monoisotopic (exact) mass is 457 g/mol. The van der Waals surface area contributed by atoms with Crippen LogP contribution in [-0.4, -0.2) is 44.1 Å². The van der Waals surface area contributed by atoms with Gasteiger partial charge in [-0.3, -0.25) is 0 Å². The summed E-state index contributed by atoms with van der Waals surface area (Å²) in [6.07, 6.45) is 1.00. The minimum absolute atomic E-state index is 0.0182. The molecule has 1 aromatic heterocycles. The number of halogens is 1. The SMILES string of the molecule is CC(C)Oc1ccc(-c2noc(-c3ccc(NC4CCC(O)(C(=O)O)C4)cc3)n2)cc1Cl. The van der Waals surface area contributed by atoms with Crippen LogP contribution in [0, 0.1) is 0 Å². The number of aromatic nitrogens is 2. The number of carbonyl (C=O) groups is 1. The quantitative estimate of drug-likeness (QED) is 0.470. The van der Waals surface area contributed by atoms with E-state index in [9.17, 15) is 9.90 Å². The standard InChI is InChI=1S/C23H24ClN3O5/c1-13(2)31-19-8-5-15(11-18(19)24)20-26-21(32-27-20)14-3-6-16(7-4-14)25-17-9-10-23(30,12-17)22(28)29/h3-8,11,13,17,25,30H,9-10,12H2,1-2H3,(H,28,29). The van der Waals surface area contributed by atoms with Gasteiger partial charge in [-0.2, -0.15) is 4.98 Å². The Morgan fingerprint density at radius 3 is 2.59 bits per heavy atom. The van der Waals surface area contributed by atoms with E-state index in [2.05, 4.69) is 15.5 Å². The summed E-state index contributed by atoms with van der Waals surface area (Å²) in [4.78, 5) is 15.6. The maximum atomic E-state index is 11.2. The van der Waals surface area contributed by atoms with E-state index >= 15 is 0 Å². The Labute approximate surface area is 190 Å². The minimum atomic E-state index is -1.65. The van der Waals surface area contributed by atoms with Crippen molar-refractivity contribution < 1.29 is 24.3 Å². The van der Waals surface area contributed by atoms with E-state index in [0.29, 0.717) is 34.5 Å². The molecule has 0 spiro atoms. The van der Waals surface area contributed by atoms with Gasteiger partial charge in [-0.05, 0) is 69.2 Å². The average Bonchev–Trinajstić information content (AvgIpc) is 3.38. The van der Waals surface area contributed by atoms with Crippen molar-refractivity contribution in [3.63, 3.8) is 0 Å².